The maximum atomic E-state index is 10.2. The number of nitrogens with zero attached hydrogens (tertiary/aromatic N) is 3. The van der Waals surface area contributed by atoms with E-state index in [4.69, 9.17) is 0 Å². The fourth-order valence-corrected chi connectivity index (χ4v) is 0.666. The predicted molar refractivity (Wildman–Crippen MR) is 38.7 cm³/mol. The second-order valence-electron chi connectivity index (χ2n) is 1.81. The highest BCUT2D eigenvalue weighted by Gasteiger charge is 2.12. The number of aliphatic imine (C=N–C) groups is 1. The molecule has 0 aliphatic heterocycles. The van der Waals surface area contributed by atoms with Gasteiger partial charge in [-0.15, -0.1) is 0 Å². The summed E-state index contributed by atoms with van der Waals surface area (Å²) in [7, 11) is 0. The molecule has 0 unspecified atom stereocenters. The highest BCUT2D eigenvalue weighted by Crippen LogP contribution is 2.22. The van der Waals surface area contributed by atoms with Crippen LogP contribution in [0.15, 0.2) is 23.3 Å². The van der Waals surface area contributed by atoms with Gasteiger partial charge in [-0.2, -0.15) is 4.99 Å². The number of aromatic nitrogens is 1. The van der Waals surface area contributed by atoms with E-state index in [0.717, 1.165) is 0 Å². The van der Waals surface area contributed by atoms with E-state index in [2.05, 4.69) is 9.98 Å². The van der Waals surface area contributed by atoms with Crippen molar-refractivity contribution in [3.63, 3.8) is 0 Å². The van der Waals surface area contributed by atoms with Crippen LogP contribution in [0.25, 0.3) is 0 Å². The van der Waals surface area contributed by atoms with Crippen molar-refractivity contribution in [2.45, 2.75) is 0 Å². The van der Waals surface area contributed by atoms with E-state index >= 15 is 0 Å². The number of isocyanates is 1. The molecule has 0 N–H and O–H groups in total. The van der Waals surface area contributed by atoms with Gasteiger partial charge in [0.1, 0.15) is 6.20 Å². The second-order valence-corrected chi connectivity index (χ2v) is 1.81. The van der Waals surface area contributed by atoms with E-state index in [1.54, 1.807) is 0 Å². The minimum Gasteiger partial charge on any atom is -0.358 e. The van der Waals surface area contributed by atoms with E-state index in [0.29, 0.717) is 0 Å². The first-order valence-corrected chi connectivity index (χ1v) is 2.93. The minimum absolute atomic E-state index is 0.0856. The Morgan fingerprint density at radius 3 is 3.00 bits per heavy atom. The Balaban J connectivity index is 3.26. The first-order valence-electron chi connectivity index (χ1n) is 2.93. The number of pyridine rings is 1. The van der Waals surface area contributed by atoms with Gasteiger partial charge in [-0.1, -0.05) is 0 Å². The molecule has 60 valence electrons. The molecule has 12 heavy (non-hydrogen) atoms. The zero-order valence-corrected chi connectivity index (χ0v) is 5.80. The molecule has 1 aromatic rings. The largest absolute Gasteiger partial charge is 0.390 e. The molecule has 0 amide bonds. The Bertz CT molecular complexity index is 336. The zero-order valence-electron chi connectivity index (χ0n) is 5.80. The van der Waals surface area contributed by atoms with Crippen LogP contribution in [0.3, 0.4) is 0 Å². The van der Waals surface area contributed by atoms with Gasteiger partial charge in [0.05, 0.1) is 0 Å². The van der Waals surface area contributed by atoms with Crippen LogP contribution < -0.4 is 0 Å². The molecule has 0 aromatic carbocycles. The third-order valence-electron chi connectivity index (χ3n) is 1.11. The molecular formula is C6H3N3O3. The Kier molecular flexibility index (Phi) is 2.25. The lowest BCUT2D eigenvalue weighted by Crippen LogP contribution is -1.90. The summed E-state index contributed by atoms with van der Waals surface area (Å²) in [6.07, 6.45) is 2.46. The number of hydrogen-bond acceptors (Lipinski definition) is 5. The van der Waals surface area contributed by atoms with Crippen molar-refractivity contribution >= 4 is 17.6 Å². The average molecular weight is 165 g/mol. The average Bonchev–Trinajstić information content (AvgIpc) is 2.05. The van der Waals surface area contributed by atoms with Gasteiger partial charge in [0.2, 0.25) is 6.08 Å². The fourth-order valence-electron chi connectivity index (χ4n) is 0.666. The Morgan fingerprint density at radius 1 is 1.67 bits per heavy atom. The van der Waals surface area contributed by atoms with Crippen molar-refractivity contribution in [1.82, 2.24) is 4.98 Å². The normalized spacial score (nSPS) is 8.67. The van der Waals surface area contributed by atoms with Gasteiger partial charge < -0.3 is 10.1 Å². The Hall–Kier alpha value is -2.07. The second kappa shape index (κ2) is 3.36. The summed E-state index contributed by atoms with van der Waals surface area (Å²) in [6, 6.07) is 2.76. The standard InChI is InChI=1S/C6H3N3O3/c10-4-8-5-2-1-3-7-6(5)9(11)12/h1-3H. The van der Waals surface area contributed by atoms with Crippen molar-refractivity contribution < 1.29 is 9.72 Å². The highest BCUT2D eigenvalue weighted by molar-refractivity contribution is 5.57. The van der Waals surface area contributed by atoms with Crippen molar-refractivity contribution in [1.29, 1.82) is 0 Å². The monoisotopic (exact) mass is 165 g/mol. The molecule has 0 radical (unpaired) electrons. The van der Waals surface area contributed by atoms with Crippen LogP contribution in [0.4, 0.5) is 11.5 Å². The lowest BCUT2D eigenvalue weighted by molar-refractivity contribution is -0.388. The fraction of sp³-hybridized carbons (Fsp3) is 0. The molecule has 0 spiro atoms. The smallest absolute Gasteiger partial charge is 0.358 e. The van der Waals surface area contributed by atoms with Crippen LogP contribution in [-0.4, -0.2) is 16.0 Å². The van der Waals surface area contributed by atoms with Crippen molar-refractivity contribution in [3.05, 3.63) is 28.4 Å². The number of hydrogen-bond donors (Lipinski definition) is 0. The van der Waals surface area contributed by atoms with E-state index in [1.165, 1.54) is 24.4 Å². The summed E-state index contributed by atoms with van der Waals surface area (Å²) in [5, 5.41) is 10.2. The molecule has 0 bridgehead atoms. The van der Waals surface area contributed by atoms with Gasteiger partial charge >= 0.3 is 5.82 Å². The summed E-state index contributed by atoms with van der Waals surface area (Å²) in [5.74, 6) is -0.444. The predicted octanol–water partition coefficient (Wildman–Crippen LogP) is 0.957. The van der Waals surface area contributed by atoms with Crippen LogP contribution in [0, 0.1) is 10.1 Å². The van der Waals surface area contributed by atoms with Gasteiger partial charge in [0, 0.05) is 0 Å². The molecule has 0 saturated carbocycles. The Labute approximate surface area is 66.7 Å². The van der Waals surface area contributed by atoms with Gasteiger partial charge in [-0.25, -0.2) is 4.79 Å². The molecule has 0 aliphatic carbocycles. The summed E-state index contributed by atoms with van der Waals surface area (Å²) >= 11 is 0. The minimum atomic E-state index is -0.712. The zero-order chi connectivity index (χ0) is 8.97. The van der Waals surface area contributed by atoms with Gasteiger partial charge in [0.25, 0.3) is 0 Å². The maximum absolute atomic E-state index is 10.2. The molecule has 6 nitrogen and oxygen atoms in total. The lowest BCUT2D eigenvalue weighted by atomic mass is 10.4. The maximum Gasteiger partial charge on any atom is 0.390 e. The van der Waals surface area contributed by atoms with E-state index in [1.807, 2.05) is 0 Å². The first-order chi connectivity index (χ1) is 5.75. The number of nitro groups is 1. The molecule has 0 atom stereocenters. The van der Waals surface area contributed by atoms with E-state index in [9.17, 15) is 14.9 Å². The molecule has 0 saturated heterocycles. The highest BCUT2D eigenvalue weighted by atomic mass is 16.6. The molecule has 1 heterocycles. The van der Waals surface area contributed by atoms with Gasteiger partial charge in [-0.3, -0.25) is 0 Å². The number of rotatable bonds is 2. The van der Waals surface area contributed by atoms with Crippen LogP contribution in [0.1, 0.15) is 0 Å². The number of carbonyl (C=O) groups excluding carboxylic acids is 1. The third kappa shape index (κ3) is 1.50. The third-order valence-corrected chi connectivity index (χ3v) is 1.11. The van der Waals surface area contributed by atoms with E-state index < -0.39 is 10.7 Å². The Morgan fingerprint density at radius 2 is 2.42 bits per heavy atom. The summed E-state index contributed by atoms with van der Waals surface area (Å²) in [5.41, 5.74) is -0.0856. The molecular weight excluding hydrogens is 162 g/mol. The molecule has 1 aromatic heterocycles. The quantitative estimate of drug-likeness (QED) is 0.282. The van der Waals surface area contributed by atoms with Crippen molar-refractivity contribution in [2.24, 2.45) is 4.99 Å². The molecule has 1 rings (SSSR count). The van der Waals surface area contributed by atoms with Crippen LogP contribution in [-0.2, 0) is 4.79 Å². The van der Waals surface area contributed by atoms with Gasteiger partial charge in [-0.05, 0) is 22.0 Å². The lowest BCUT2D eigenvalue weighted by Gasteiger charge is -1.92. The van der Waals surface area contributed by atoms with Crippen LogP contribution in [0.2, 0.25) is 0 Å². The van der Waals surface area contributed by atoms with Gasteiger partial charge in [0.15, 0.2) is 5.69 Å². The van der Waals surface area contributed by atoms with Crippen LogP contribution in [0.5, 0.6) is 0 Å². The van der Waals surface area contributed by atoms with Crippen molar-refractivity contribution in [2.75, 3.05) is 0 Å². The summed E-state index contributed by atoms with van der Waals surface area (Å²) in [4.78, 5) is 25.9. The SMILES string of the molecule is O=C=Nc1cccnc1[N+](=O)[O-]. The van der Waals surface area contributed by atoms with E-state index in [-0.39, 0.29) is 5.69 Å². The van der Waals surface area contributed by atoms with Crippen molar-refractivity contribution in [3.8, 4) is 0 Å². The molecule has 0 aliphatic rings. The first kappa shape index (κ1) is 8.03. The topological polar surface area (TPSA) is 85.5 Å². The van der Waals surface area contributed by atoms with Crippen LogP contribution >= 0.6 is 0 Å². The molecule has 6 heteroatoms. The summed E-state index contributed by atoms with van der Waals surface area (Å²) in [6.45, 7) is 0. The summed E-state index contributed by atoms with van der Waals surface area (Å²) < 4.78 is 0. The molecule has 0 fully saturated rings.